The monoisotopic (exact) mass is 506 g/mol. The third-order valence-electron chi connectivity index (χ3n) is 6.19. The number of rotatable bonds is 5. The van der Waals surface area contributed by atoms with Crippen LogP contribution in [0.4, 0.5) is 0 Å². The van der Waals surface area contributed by atoms with Crippen LogP contribution in [0.2, 0.25) is 0 Å². The molecule has 3 rings (SSSR count). The number of carbonyl (C=O) groups excluding carboxylic acids is 1. The summed E-state index contributed by atoms with van der Waals surface area (Å²) in [5.74, 6) is 0.0265. The summed E-state index contributed by atoms with van der Waals surface area (Å²) in [7, 11) is 2.16. The van der Waals surface area contributed by atoms with Crippen LogP contribution in [0.25, 0.3) is 0 Å². The highest BCUT2D eigenvalue weighted by atomic mass is 79.9. The molecular weight excluding hydrogens is 480 g/mol. The van der Waals surface area contributed by atoms with Crippen molar-refractivity contribution in [2.75, 3.05) is 20.1 Å². The Bertz CT molecular complexity index is 796. The van der Waals surface area contributed by atoms with E-state index < -0.39 is 0 Å². The first-order valence-corrected chi connectivity index (χ1v) is 11.4. The number of likely N-dealkylation sites (tertiary alicyclic amines) is 1. The molecule has 0 radical (unpaired) electrons. The number of nitrogens with zero attached hydrogens (tertiary/aromatic N) is 1. The van der Waals surface area contributed by atoms with Gasteiger partial charge in [0.25, 0.3) is 0 Å². The van der Waals surface area contributed by atoms with Crippen LogP contribution in [0.3, 0.4) is 0 Å². The smallest absolute Gasteiger partial charge is 0.224 e. The molecule has 0 bridgehead atoms. The molecular formula is C23H28Br2N2O. The predicted molar refractivity (Wildman–Crippen MR) is 122 cm³/mol. The Morgan fingerprint density at radius 2 is 1.61 bits per heavy atom. The Balaban J connectivity index is 1.82. The maximum atomic E-state index is 13.3. The standard InChI is InChI=1S/C23H28Br2N2O/c1-16(22(28)26-17(2)18-13-20(24)15-21(25)14-18)23(9-11-27(3)12-10-23)19-7-5-4-6-8-19/h4-8,13-17H,9-12H2,1-3H3,(H,26,28). The van der Waals surface area contributed by atoms with Gasteiger partial charge in [0, 0.05) is 20.3 Å². The first-order chi connectivity index (χ1) is 13.3. The molecule has 1 aliphatic rings. The number of hydrogen-bond acceptors (Lipinski definition) is 2. The molecule has 0 spiro atoms. The number of carbonyl (C=O) groups is 1. The average Bonchev–Trinajstić information content (AvgIpc) is 2.68. The van der Waals surface area contributed by atoms with E-state index in [0.717, 1.165) is 40.4 Å². The summed E-state index contributed by atoms with van der Waals surface area (Å²) in [5, 5.41) is 3.26. The van der Waals surface area contributed by atoms with Crippen molar-refractivity contribution in [3.8, 4) is 0 Å². The van der Waals surface area contributed by atoms with Crippen molar-refractivity contribution in [3.63, 3.8) is 0 Å². The molecule has 0 aromatic heterocycles. The van der Waals surface area contributed by atoms with E-state index in [1.807, 2.05) is 19.1 Å². The second kappa shape index (κ2) is 9.10. The third-order valence-corrected chi connectivity index (χ3v) is 7.11. The number of amides is 1. The van der Waals surface area contributed by atoms with Gasteiger partial charge in [0.05, 0.1) is 6.04 Å². The molecule has 0 saturated carbocycles. The highest BCUT2D eigenvalue weighted by Crippen LogP contribution is 2.42. The predicted octanol–water partition coefficient (Wildman–Crippen LogP) is 5.69. The lowest BCUT2D eigenvalue weighted by Gasteiger charge is -2.45. The Kier molecular flexibility index (Phi) is 7.00. The van der Waals surface area contributed by atoms with Gasteiger partial charge in [-0.1, -0.05) is 69.1 Å². The molecule has 3 nitrogen and oxygen atoms in total. The lowest BCUT2D eigenvalue weighted by Crippen LogP contribution is -2.50. The molecule has 2 unspecified atom stereocenters. The van der Waals surface area contributed by atoms with E-state index in [-0.39, 0.29) is 23.3 Å². The van der Waals surface area contributed by atoms with Crippen LogP contribution in [0, 0.1) is 5.92 Å². The van der Waals surface area contributed by atoms with Crippen LogP contribution in [0.15, 0.2) is 57.5 Å². The van der Waals surface area contributed by atoms with Crippen LogP contribution in [0.1, 0.15) is 43.9 Å². The van der Waals surface area contributed by atoms with Gasteiger partial charge in [-0.15, -0.1) is 0 Å². The summed E-state index contributed by atoms with van der Waals surface area (Å²) in [6.07, 6.45) is 2.00. The molecule has 1 aliphatic heterocycles. The van der Waals surface area contributed by atoms with E-state index >= 15 is 0 Å². The molecule has 0 aliphatic carbocycles. The van der Waals surface area contributed by atoms with Crippen LogP contribution in [-0.4, -0.2) is 30.9 Å². The number of piperidine rings is 1. The van der Waals surface area contributed by atoms with E-state index in [4.69, 9.17) is 0 Å². The van der Waals surface area contributed by atoms with Crippen molar-refractivity contribution < 1.29 is 4.79 Å². The second-order valence-corrected chi connectivity index (χ2v) is 9.81. The van der Waals surface area contributed by atoms with E-state index in [1.54, 1.807) is 0 Å². The molecule has 1 N–H and O–H groups in total. The van der Waals surface area contributed by atoms with Gasteiger partial charge in [-0.25, -0.2) is 0 Å². The van der Waals surface area contributed by atoms with Gasteiger partial charge in [0.1, 0.15) is 0 Å². The zero-order valence-corrected chi connectivity index (χ0v) is 19.9. The lowest BCUT2D eigenvalue weighted by molar-refractivity contribution is -0.128. The number of hydrogen-bond donors (Lipinski definition) is 1. The molecule has 150 valence electrons. The zero-order valence-electron chi connectivity index (χ0n) is 16.7. The van der Waals surface area contributed by atoms with Gasteiger partial charge >= 0.3 is 0 Å². The van der Waals surface area contributed by atoms with Gasteiger partial charge < -0.3 is 10.2 Å². The fourth-order valence-electron chi connectivity index (χ4n) is 4.26. The molecule has 1 fully saturated rings. The van der Waals surface area contributed by atoms with Gasteiger partial charge in [0.2, 0.25) is 5.91 Å². The van der Waals surface area contributed by atoms with Crippen molar-refractivity contribution in [2.45, 2.75) is 38.1 Å². The van der Waals surface area contributed by atoms with E-state index in [1.165, 1.54) is 5.56 Å². The van der Waals surface area contributed by atoms with E-state index in [9.17, 15) is 4.79 Å². The van der Waals surface area contributed by atoms with Crippen LogP contribution in [-0.2, 0) is 10.2 Å². The molecule has 28 heavy (non-hydrogen) atoms. The zero-order chi connectivity index (χ0) is 20.3. The fraction of sp³-hybridized carbons (Fsp3) is 0.435. The molecule has 2 aromatic carbocycles. The molecule has 2 atom stereocenters. The van der Waals surface area contributed by atoms with Crippen molar-refractivity contribution in [3.05, 3.63) is 68.6 Å². The molecule has 1 heterocycles. The molecule has 1 amide bonds. The first kappa shape index (κ1) is 21.5. The quantitative estimate of drug-likeness (QED) is 0.563. The largest absolute Gasteiger partial charge is 0.349 e. The average molecular weight is 508 g/mol. The molecule has 2 aromatic rings. The fourth-order valence-corrected chi connectivity index (χ4v) is 5.59. The summed E-state index contributed by atoms with van der Waals surface area (Å²) in [4.78, 5) is 15.7. The lowest BCUT2D eigenvalue weighted by atomic mass is 9.64. The SMILES string of the molecule is CC(NC(=O)C(C)C1(c2ccccc2)CCN(C)CC1)c1cc(Br)cc(Br)c1. The maximum absolute atomic E-state index is 13.3. The van der Waals surface area contributed by atoms with E-state index in [0.29, 0.717) is 0 Å². The summed E-state index contributed by atoms with van der Waals surface area (Å²) in [6, 6.07) is 16.7. The first-order valence-electron chi connectivity index (χ1n) is 9.82. The second-order valence-electron chi connectivity index (χ2n) is 7.98. The third kappa shape index (κ3) is 4.69. The Morgan fingerprint density at radius 3 is 2.18 bits per heavy atom. The summed E-state index contributed by atoms with van der Waals surface area (Å²) >= 11 is 7.07. The highest BCUT2D eigenvalue weighted by molar-refractivity contribution is 9.11. The summed E-state index contributed by atoms with van der Waals surface area (Å²) < 4.78 is 2.00. The number of nitrogens with one attached hydrogen (secondary N) is 1. The summed E-state index contributed by atoms with van der Waals surface area (Å²) in [5.41, 5.74) is 2.25. The minimum absolute atomic E-state index is 0.0529. The van der Waals surface area contributed by atoms with Crippen LogP contribution >= 0.6 is 31.9 Å². The van der Waals surface area contributed by atoms with Gasteiger partial charge in [0.15, 0.2) is 0 Å². The van der Waals surface area contributed by atoms with Gasteiger partial charge in [-0.2, -0.15) is 0 Å². The van der Waals surface area contributed by atoms with Gasteiger partial charge in [-0.05, 0) is 69.2 Å². The Hall–Kier alpha value is -1.17. The Morgan fingerprint density at radius 1 is 1.04 bits per heavy atom. The Labute approximate surface area is 185 Å². The molecule has 5 heteroatoms. The van der Waals surface area contributed by atoms with E-state index in [2.05, 4.69) is 92.4 Å². The maximum Gasteiger partial charge on any atom is 0.224 e. The topological polar surface area (TPSA) is 32.3 Å². The summed E-state index contributed by atoms with van der Waals surface area (Å²) in [6.45, 7) is 6.17. The van der Waals surface area contributed by atoms with Crippen molar-refractivity contribution in [2.24, 2.45) is 5.92 Å². The van der Waals surface area contributed by atoms with Crippen LogP contribution in [0.5, 0.6) is 0 Å². The van der Waals surface area contributed by atoms with Crippen molar-refractivity contribution in [1.82, 2.24) is 10.2 Å². The molecule has 1 saturated heterocycles. The normalized spacial score (nSPS) is 19.0. The number of benzene rings is 2. The minimum Gasteiger partial charge on any atom is -0.349 e. The van der Waals surface area contributed by atoms with Crippen molar-refractivity contribution >= 4 is 37.8 Å². The minimum atomic E-state index is -0.116. The highest BCUT2D eigenvalue weighted by Gasteiger charge is 2.43. The van der Waals surface area contributed by atoms with Crippen LogP contribution < -0.4 is 5.32 Å². The van der Waals surface area contributed by atoms with Gasteiger partial charge in [-0.3, -0.25) is 4.79 Å². The number of halogens is 2. The van der Waals surface area contributed by atoms with Crippen molar-refractivity contribution in [1.29, 1.82) is 0 Å².